The molecule has 2 heterocycles. The average molecular weight is 371 g/mol. The first-order valence-electron chi connectivity index (χ1n) is 8.65. The van der Waals surface area contributed by atoms with E-state index in [1.807, 2.05) is 6.92 Å². The number of ether oxygens (including phenoxy) is 2. The van der Waals surface area contributed by atoms with Gasteiger partial charge in [0, 0.05) is 17.9 Å². The van der Waals surface area contributed by atoms with E-state index in [0.717, 1.165) is 16.8 Å². The van der Waals surface area contributed by atoms with Crippen molar-refractivity contribution in [2.75, 3.05) is 19.0 Å². The molecule has 1 aromatic heterocycles. The normalized spacial score (nSPS) is 15.7. The van der Waals surface area contributed by atoms with Crippen LogP contribution in [0, 0.1) is 6.92 Å². The van der Waals surface area contributed by atoms with Gasteiger partial charge in [-0.1, -0.05) is 12.1 Å². The van der Waals surface area contributed by atoms with E-state index in [9.17, 15) is 14.4 Å². The highest BCUT2D eigenvalue weighted by Gasteiger charge is 2.32. The first kappa shape index (κ1) is 18.6. The molecule has 0 bridgehead atoms. The van der Waals surface area contributed by atoms with Gasteiger partial charge in [0.1, 0.15) is 12.4 Å². The second-order valence-corrected chi connectivity index (χ2v) is 6.23. The lowest BCUT2D eigenvalue weighted by Gasteiger charge is -2.24. The fourth-order valence-corrected chi connectivity index (χ4v) is 3.31. The van der Waals surface area contributed by atoms with Gasteiger partial charge in [0.15, 0.2) is 0 Å². The van der Waals surface area contributed by atoms with Crippen molar-refractivity contribution in [1.82, 2.24) is 9.78 Å². The van der Waals surface area contributed by atoms with Gasteiger partial charge in [-0.15, -0.1) is 0 Å². The van der Waals surface area contributed by atoms with Gasteiger partial charge in [-0.25, -0.2) is 9.48 Å². The fourth-order valence-electron chi connectivity index (χ4n) is 3.31. The predicted octanol–water partition coefficient (Wildman–Crippen LogP) is 2.02. The molecule has 8 heteroatoms. The van der Waals surface area contributed by atoms with Crippen LogP contribution in [0.2, 0.25) is 0 Å². The van der Waals surface area contributed by atoms with Crippen LogP contribution in [0.25, 0.3) is 0 Å². The maximum Gasteiger partial charge on any atom is 0.337 e. The van der Waals surface area contributed by atoms with Crippen LogP contribution in [-0.4, -0.2) is 41.3 Å². The van der Waals surface area contributed by atoms with E-state index in [4.69, 9.17) is 9.47 Å². The molecule has 0 aliphatic carbocycles. The van der Waals surface area contributed by atoms with Crippen LogP contribution in [0.4, 0.5) is 5.82 Å². The Labute approximate surface area is 156 Å². The summed E-state index contributed by atoms with van der Waals surface area (Å²) in [6.45, 7) is 3.78. The van der Waals surface area contributed by atoms with Crippen LogP contribution in [0.15, 0.2) is 24.3 Å². The van der Waals surface area contributed by atoms with Gasteiger partial charge in [-0.3, -0.25) is 9.59 Å². The quantitative estimate of drug-likeness (QED) is 0.807. The van der Waals surface area contributed by atoms with E-state index in [1.54, 1.807) is 31.2 Å². The SMILES string of the molecule is CCOC(=O)Cn1nc(C)c2c1NC(=O)C[C@@H]2c1ccc(C(=O)OC)cc1. The number of anilines is 1. The van der Waals surface area contributed by atoms with Crippen LogP contribution < -0.4 is 5.32 Å². The summed E-state index contributed by atoms with van der Waals surface area (Å²) < 4.78 is 11.2. The van der Waals surface area contributed by atoms with Crippen molar-refractivity contribution < 1.29 is 23.9 Å². The molecule has 142 valence electrons. The molecule has 1 aromatic carbocycles. The van der Waals surface area contributed by atoms with E-state index in [2.05, 4.69) is 10.4 Å². The molecule has 8 nitrogen and oxygen atoms in total. The Morgan fingerprint density at radius 3 is 2.63 bits per heavy atom. The Balaban J connectivity index is 1.96. The van der Waals surface area contributed by atoms with Crippen molar-refractivity contribution in [3.63, 3.8) is 0 Å². The molecule has 1 aliphatic rings. The van der Waals surface area contributed by atoms with E-state index < -0.39 is 11.9 Å². The molecular formula is C19H21N3O5. The van der Waals surface area contributed by atoms with Crippen LogP contribution >= 0.6 is 0 Å². The second-order valence-electron chi connectivity index (χ2n) is 6.23. The molecule has 1 N–H and O–H groups in total. The molecule has 0 saturated carbocycles. The minimum atomic E-state index is -0.415. The lowest BCUT2D eigenvalue weighted by molar-refractivity contribution is -0.144. The van der Waals surface area contributed by atoms with Gasteiger partial charge in [-0.2, -0.15) is 5.10 Å². The predicted molar refractivity (Wildman–Crippen MR) is 96.5 cm³/mol. The van der Waals surface area contributed by atoms with E-state index in [0.29, 0.717) is 11.4 Å². The summed E-state index contributed by atoms with van der Waals surface area (Å²) in [6, 6.07) is 6.96. The number of rotatable bonds is 5. The Kier molecular flexibility index (Phi) is 5.25. The number of amides is 1. The van der Waals surface area contributed by atoms with Crippen LogP contribution in [0.1, 0.15) is 46.4 Å². The van der Waals surface area contributed by atoms with E-state index >= 15 is 0 Å². The average Bonchev–Trinajstić information content (AvgIpc) is 2.96. The van der Waals surface area contributed by atoms with Gasteiger partial charge < -0.3 is 14.8 Å². The topological polar surface area (TPSA) is 99.5 Å². The number of carbonyl (C=O) groups is 3. The minimum absolute atomic E-state index is 0.0711. The Hall–Kier alpha value is -3.16. The fraction of sp³-hybridized carbons (Fsp3) is 0.368. The number of carbonyl (C=O) groups excluding carboxylic acids is 3. The third-order valence-corrected chi connectivity index (χ3v) is 4.49. The number of aromatic nitrogens is 2. The smallest absolute Gasteiger partial charge is 0.337 e. The monoisotopic (exact) mass is 371 g/mol. The van der Waals surface area contributed by atoms with Crippen molar-refractivity contribution in [2.24, 2.45) is 0 Å². The van der Waals surface area contributed by atoms with Crippen molar-refractivity contribution in [2.45, 2.75) is 32.7 Å². The summed E-state index contributed by atoms with van der Waals surface area (Å²) in [6.07, 6.45) is 0.260. The molecule has 1 atom stereocenters. The van der Waals surface area contributed by atoms with Gasteiger partial charge in [0.05, 0.1) is 25.0 Å². The third-order valence-electron chi connectivity index (χ3n) is 4.49. The lowest BCUT2D eigenvalue weighted by atomic mass is 9.85. The summed E-state index contributed by atoms with van der Waals surface area (Å²) in [5, 5.41) is 7.23. The largest absolute Gasteiger partial charge is 0.465 e. The number of hydrogen-bond acceptors (Lipinski definition) is 6. The number of benzene rings is 1. The zero-order valence-corrected chi connectivity index (χ0v) is 15.4. The number of fused-ring (bicyclic) bond motifs is 1. The van der Waals surface area contributed by atoms with E-state index in [1.165, 1.54) is 11.8 Å². The molecule has 2 aromatic rings. The Morgan fingerprint density at radius 2 is 2.00 bits per heavy atom. The summed E-state index contributed by atoms with van der Waals surface area (Å²) >= 11 is 0. The summed E-state index contributed by atoms with van der Waals surface area (Å²) in [5.41, 5.74) is 2.93. The van der Waals surface area contributed by atoms with Crippen molar-refractivity contribution in [1.29, 1.82) is 0 Å². The van der Waals surface area contributed by atoms with Crippen molar-refractivity contribution in [3.8, 4) is 0 Å². The minimum Gasteiger partial charge on any atom is -0.465 e. The maximum absolute atomic E-state index is 12.3. The molecule has 3 rings (SSSR count). The van der Waals surface area contributed by atoms with Crippen molar-refractivity contribution in [3.05, 3.63) is 46.6 Å². The number of nitrogens with one attached hydrogen (secondary N) is 1. The summed E-state index contributed by atoms with van der Waals surface area (Å²) in [4.78, 5) is 35.7. The lowest BCUT2D eigenvalue weighted by Crippen LogP contribution is -2.26. The number of nitrogens with zero attached hydrogens (tertiary/aromatic N) is 2. The summed E-state index contributed by atoms with van der Waals surface area (Å²) in [7, 11) is 1.33. The van der Waals surface area contributed by atoms with Gasteiger partial charge in [-0.05, 0) is 31.5 Å². The molecule has 1 amide bonds. The van der Waals surface area contributed by atoms with E-state index in [-0.39, 0.29) is 31.4 Å². The second kappa shape index (κ2) is 7.61. The number of esters is 2. The number of methoxy groups -OCH3 is 1. The molecule has 1 aliphatic heterocycles. The third kappa shape index (κ3) is 3.69. The van der Waals surface area contributed by atoms with Gasteiger partial charge in [0.25, 0.3) is 0 Å². The zero-order valence-electron chi connectivity index (χ0n) is 15.4. The molecule has 0 radical (unpaired) electrons. The van der Waals surface area contributed by atoms with Gasteiger partial charge in [0.2, 0.25) is 5.91 Å². The molecule has 27 heavy (non-hydrogen) atoms. The molecular weight excluding hydrogens is 350 g/mol. The molecule has 0 unspecified atom stereocenters. The highest BCUT2D eigenvalue weighted by atomic mass is 16.5. The standard InChI is InChI=1S/C19H21N3O5/c1-4-27-16(24)10-22-18-17(11(2)21-22)14(9-15(23)20-18)12-5-7-13(8-6-12)19(25)26-3/h5-8,14H,4,9-10H2,1-3H3,(H,20,23)/t14-/m1/s1. The highest BCUT2D eigenvalue weighted by molar-refractivity contribution is 5.95. The number of hydrogen-bond donors (Lipinski definition) is 1. The molecule has 0 fully saturated rings. The van der Waals surface area contributed by atoms with Crippen LogP contribution in [0.5, 0.6) is 0 Å². The maximum atomic E-state index is 12.3. The Bertz CT molecular complexity index is 885. The first-order valence-corrected chi connectivity index (χ1v) is 8.65. The zero-order chi connectivity index (χ0) is 19.6. The molecule has 0 saturated heterocycles. The Morgan fingerprint density at radius 1 is 1.30 bits per heavy atom. The molecule has 0 spiro atoms. The van der Waals surface area contributed by atoms with Crippen LogP contribution in [-0.2, 0) is 25.6 Å². The highest BCUT2D eigenvalue weighted by Crippen LogP contribution is 2.39. The summed E-state index contributed by atoms with van der Waals surface area (Å²) in [5.74, 6) is -0.687. The van der Waals surface area contributed by atoms with Crippen LogP contribution in [0.3, 0.4) is 0 Å². The van der Waals surface area contributed by atoms with Crippen molar-refractivity contribution >= 4 is 23.7 Å². The first-order chi connectivity index (χ1) is 12.9. The van der Waals surface area contributed by atoms with Gasteiger partial charge >= 0.3 is 11.9 Å². The number of aryl methyl sites for hydroxylation is 1.